The topological polar surface area (TPSA) is 84.3 Å². The summed E-state index contributed by atoms with van der Waals surface area (Å²) in [5.74, 6) is -0.0169. The number of hydrogen-bond donors (Lipinski definition) is 1. The van der Waals surface area contributed by atoms with Gasteiger partial charge in [0.2, 0.25) is 5.91 Å². The maximum Gasteiger partial charge on any atom is 0.262 e. The molecule has 1 aliphatic rings. The molecule has 25 heavy (non-hydrogen) atoms. The average molecular weight is 362 g/mol. The van der Waals surface area contributed by atoms with Gasteiger partial charge < -0.3 is 4.90 Å². The van der Waals surface area contributed by atoms with E-state index < -0.39 is 15.4 Å². The van der Waals surface area contributed by atoms with Crippen LogP contribution in [0.2, 0.25) is 0 Å². The first-order valence-corrected chi connectivity index (χ1v) is 9.70. The standard InChI is InChI=1S/C17H22N4O3S/c1-5-20-11-12(10-18-20)19-25(23,24)13-7-8-15-14(9-13)17(3,4)16(22)21(15)6-2/h7-11,19H,5-6H2,1-4H3. The number of nitrogens with zero attached hydrogens (tertiary/aromatic N) is 3. The fraction of sp³-hybridized carbons (Fsp3) is 0.412. The summed E-state index contributed by atoms with van der Waals surface area (Å²) in [4.78, 5) is 14.4. The molecule has 0 unspecified atom stereocenters. The molecule has 2 aromatic rings. The minimum Gasteiger partial charge on any atom is -0.312 e. The Hall–Kier alpha value is -2.35. The lowest BCUT2D eigenvalue weighted by molar-refractivity contribution is -0.122. The van der Waals surface area contributed by atoms with Crippen LogP contribution in [0.25, 0.3) is 0 Å². The van der Waals surface area contributed by atoms with Gasteiger partial charge in [0.15, 0.2) is 0 Å². The van der Waals surface area contributed by atoms with Gasteiger partial charge in [-0.05, 0) is 51.5 Å². The number of carbonyl (C=O) groups excluding carboxylic acids is 1. The van der Waals surface area contributed by atoms with E-state index in [-0.39, 0.29) is 10.8 Å². The molecule has 1 aromatic carbocycles. The third kappa shape index (κ3) is 2.80. The Morgan fingerprint density at radius 2 is 1.92 bits per heavy atom. The van der Waals surface area contributed by atoms with E-state index in [1.165, 1.54) is 12.3 Å². The van der Waals surface area contributed by atoms with E-state index in [0.29, 0.717) is 18.8 Å². The van der Waals surface area contributed by atoms with Crippen molar-refractivity contribution in [2.75, 3.05) is 16.2 Å². The SMILES string of the molecule is CCN1C(=O)C(C)(C)c2cc(S(=O)(=O)Nc3cnn(CC)c3)ccc21. The normalized spacial score (nSPS) is 16.2. The maximum absolute atomic E-state index is 12.7. The smallest absolute Gasteiger partial charge is 0.262 e. The van der Waals surface area contributed by atoms with Crippen molar-refractivity contribution in [3.63, 3.8) is 0 Å². The van der Waals surface area contributed by atoms with Crippen molar-refractivity contribution >= 4 is 27.3 Å². The lowest BCUT2D eigenvalue weighted by Crippen LogP contribution is -2.35. The molecule has 1 amide bonds. The molecule has 8 heteroatoms. The van der Waals surface area contributed by atoms with Crippen molar-refractivity contribution in [3.05, 3.63) is 36.2 Å². The summed E-state index contributed by atoms with van der Waals surface area (Å²) in [6.45, 7) is 8.67. The quantitative estimate of drug-likeness (QED) is 0.885. The van der Waals surface area contributed by atoms with Crippen molar-refractivity contribution in [2.24, 2.45) is 0 Å². The van der Waals surface area contributed by atoms with Gasteiger partial charge in [0.05, 0.1) is 22.2 Å². The summed E-state index contributed by atoms with van der Waals surface area (Å²) >= 11 is 0. The Morgan fingerprint density at radius 1 is 1.20 bits per heavy atom. The number of amides is 1. The number of aromatic nitrogens is 2. The molecule has 0 fully saturated rings. The fourth-order valence-corrected chi connectivity index (χ4v) is 4.15. The van der Waals surface area contributed by atoms with E-state index in [4.69, 9.17) is 0 Å². The molecule has 3 rings (SSSR count). The Morgan fingerprint density at radius 3 is 2.52 bits per heavy atom. The zero-order chi connectivity index (χ0) is 18.4. The lowest BCUT2D eigenvalue weighted by atomic mass is 9.86. The lowest BCUT2D eigenvalue weighted by Gasteiger charge is -2.18. The molecule has 0 bridgehead atoms. The van der Waals surface area contributed by atoms with Crippen LogP contribution >= 0.6 is 0 Å². The molecular weight excluding hydrogens is 340 g/mol. The number of anilines is 2. The van der Waals surface area contributed by atoms with Gasteiger partial charge >= 0.3 is 0 Å². The highest BCUT2D eigenvalue weighted by molar-refractivity contribution is 7.92. The van der Waals surface area contributed by atoms with E-state index >= 15 is 0 Å². The Labute approximate surface area is 147 Å². The van der Waals surface area contributed by atoms with Gasteiger partial charge in [-0.25, -0.2) is 8.42 Å². The van der Waals surface area contributed by atoms with Crippen LogP contribution in [0.3, 0.4) is 0 Å². The van der Waals surface area contributed by atoms with Gasteiger partial charge in [0.25, 0.3) is 10.0 Å². The molecule has 0 saturated carbocycles. The molecule has 2 heterocycles. The summed E-state index contributed by atoms with van der Waals surface area (Å²) in [7, 11) is -3.75. The fourth-order valence-electron chi connectivity index (χ4n) is 3.10. The molecule has 1 aromatic heterocycles. The molecule has 1 N–H and O–H groups in total. The average Bonchev–Trinajstić information content (AvgIpc) is 3.08. The molecule has 134 valence electrons. The summed E-state index contributed by atoms with van der Waals surface area (Å²) in [5, 5.41) is 4.06. The number of likely N-dealkylation sites (N-methyl/N-ethyl adjacent to an activating group) is 1. The van der Waals surface area contributed by atoms with Gasteiger partial charge in [-0.1, -0.05) is 0 Å². The van der Waals surface area contributed by atoms with E-state index in [2.05, 4.69) is 9.82 Å². The summed E-state index contributed by atoms with van der Waals surface area (Å²) < 4.78 is 29.6. The molecular formula is C17H22N4O3S. The molecule has 1 aliphatic heterocycles. The van der Waals surface area contributed by atoms with Crippen molar-refractivity contribution in [1.82, 2.24) is 9.78 Å². The molecule has 0 spiro atoms. The minimum absolute atomic E-state index is 0.0169. The number of sulfonamides is 1. The Balaban J connectivity index is 1.99. The summed E-state index contributed by atoms with van der Waals surface area (Å²) in [6.07, 6.45) is 3.11. The molecule has 0 radical (unpaired) electrons. The molecule has 7 nitrogen and oxygen atoms in total. The van der Waals surface area contributed by atoms with Crippen molar-refractivity contribution in [3.8, 4) is 0 Å². The first-order valence-electron chi connectivity index (χ1n) is 8.22. The van der Waals surface area contributed by atoms with E-state index in [0.717, 1.165) is 11.3 Å². The first-order chi connectivity index (χ1) is 11.7. The van der Waals surface area contributed by atoms with E-state index in [1.807, 2.05) is 27.7 Å². The predicted octanol–water partition coefficient (Wildman–Crippen LogP) is 2.35. The zero-order valence-corrected chi connectivity index (χ0v) is 15.6. The monoisotopic (exact) mass is 362 g/mol. The molecule has 0 saturated heterocycles. The van der Waals surface area contributed by atoms with Crippen LogP contribution in [-0.2, 0) is 26.8 Å². The van der Waals surface area contributed by atoms with E-state index in [9.17, 15) is 13.2 Å². The molecule has 0 atom stereocenters. The second kappa shape index (κ2) is 5.87. The van der Waals surface area contributed by atoms with E-state index in [1.54, 1.807) is 27.9 Å². The predicted molar refractivity (Wildman–Crippen MR) is 96.2 cm³/mol. The second-order valence-corrected chi connectivity index (χ2v) is 8.23. The largest absolute Gasteiger partial charge is 0.312 e. The summed E-state index contributed by atoms with van der Waals surface area (Å²) in [6, 6.07) is 4.83. The van der Waals surface area contributed by atoms with Gasteiger partial charge in [0.1, 0.15) is 0 Å². The van der Waals surface area contributed by atoms with Gasteiger partial charge in [-0.3, -0.25) is 14.2 Å². The highest BCUT2D eigenvalue weighted by Crippen LogP contribution is 2.42. The van der Waals surface area contributed by atoms with Crippen molar-refractivity contribution < 1.29 is 13.2 Å². The number of hydrogen-bond acceptors (Lipinski definition) is 4. The van der Waals surface area contributed by atoms with Gasteiger partial charge in [0, 0.05) is 25.0 Å². The Kier molecular flexibility index (Phi) is 4.10. The van der Waals surface area contributed by atoms with Crippen LogP contribution in [0, 0.1) is 0 Å². The van der Waals surface area contributed by atoms with Crippen LogP contribution in [-0.4, -0.2) is 30.7 Å². The van der Waals surface area contributed by atoms with Crippen LogP contribution in [0.1, 0.15) is 33.3 Å². The van der Waals surface area contributed by atoms with Crippen LogP contribution < -0.4 is 9.62 Å². The number of benzene rings is 1. The zero-order valence-electron chi connectivity index (χ0n) is 14.8. The third-order valence-electron chi connectivity index (χ3n) is 4.55. The van der Waals surface area contributed by atoms with Crippen LogP contribution in [0.5, 0.6) is 0 Å². The third-order valence-corrected chi connectivity index (χ3v) is 5.93. The highest BCUT2D eigenvalue weighted by atomic mass is 32.2. The van der Waals surface area contributed by atoms with Gasteiger partial charge in [-0.15, -0.1) is 0 Å². The maximum atomic E-state index is 12.7. The summed E-state index contributed by atoms with van der Waals surface area (Å²) in [5.41, 5.74) is 1.17. The van der Waals surface area contributed by atoms with Crippen LogP contribution in [0.15, 0.2) is 35.5 Å². The Bertz CT molecular complexity index is 931. The highest BCUT2D eigenvalue weighted by Gasteiger charge is 2.43. The number of rotatable bonds is 5. The number of carbonyl (C=O) groups is 1. The van der Waals surface area contributed by atoms with Gasteiger partial charge in [-0.2, -0.15) is 5.10 Å². The molecule has 0 aliphatic carbocycles. The minimum atomic E-state index is -3.75. The first kappa shape index (κ1) is 17.5. The van der Waals surface area contributed by atoms with Crippen LogP contribution in [0.4, 0.5) is 11.4 Å². The number of aryl methyl sites for hydroxylation is 1. The number of fused-ring (bicyclic) bond motifs is 1. The van der Waals surface area contributed by atoms with Crippen molar-refractivity contribution in [2.45, 2.75) is 44.6 Å². The second-order valence-electron chi connectivity index (χ2n) is 6.54. The number of nitrogens with one attached hydrogen (secondary N) is 1. The van der Waals surface area contributed by atoms with Crippen molar-refractivity contribution in [1.29, 1.82) is 0 Å².